The highest BCUT2D eigenvalue weighted by Gasteiger charge is 2.14. The number of ether oxygens (including phenoxy) is 2. The molecule has 0 radical (unpaired) electrons. The first-order chi connectivity index (χ1) is 14.2. The summed E-state index contributed by atoms with van der Waals surface area (Å²) in [6.45, 7) is 2.74. The van der Waals surface area contributed by atoms with E-state index in [-0.39, 0.29) is 5.91 Å². The first-order valence-corrected chi connectivity index (χ1v) is 9.48. The molecule has 5 nitrogen and oxygen atoms in total. The van der Waals surface area contributed by atoms with Crippen molar-refractivity contribution in [2.45, 2.75) is 13.5 Å². The van der Waals surface area contributed by atoms with Crippen LogP contribution in [0.1, 0.15) is 23.6 Å². The summed E-state index contributed by atoms with van der Waals surface area (Å²) < 4.78 is 11.0. The van der Waals surface area contributed by atoms with E-state index in [1.54, 1.807) is 13.3 Å². The zero-order chi connectivity index (χ0) is 20.5. The number of methoxy groups -OCH3 is 1. The molecule has 3 rings (SSSR count). The standard InChI is InChI=1S/C24H24N2O3/c1-3-29-24-20(13-9-15-25-24)17-26-23(27)21(18-10-5-4-6-11-18)16-19-12-7-8-14-22(19)28-2/h4-16H,3,17H2,1-2H3,(H,26,27)/b21-16+. The van der Waals surface area contributed by atoms with Crippen LogP contribution in [0.2, 0.25) is 0 Å². The number of para-hydroxylation sites is 1. The fourth-order valence-electron chi connectivity index (χ4n) is 2.93. The number of hydrogen-bond acceptors (Lipinski definition) is 4. The van der Waals surface area contributed by atoms with Crippen molar-refractivity contribution in [2.75, 3.05) is 13.7 Å². The number of amides is 1. The van der Waals surface area contributed by atoms with Gasteiger partial charge in [-0.1, -0.05) is 54.6 Å². The van der Waals surface area contributed by atoms with E-state index >= 15 is 0 Å². The van der Waals surface area contributed by atoms with Crippen LogP contribution in [0.25, 0.3) is 11.6 Å². The maximum Gasteiger partial charge on any atom is 0.252 e. The highest BCUT2D eigenvalue weighted by molar-refractivity contribution is 6.24. The van der Waals surface area contributed by atoms with Crippen LogP contribution in [0.4, 0.5) is 0 Å². The molecule has 148 valence electrons. The molecular formula is C24H24N2O3. The Morgan fingerprint density at radius 2 is 1.79 bits per heavy atom. The van der Waals surface area contributed by atoms with Crippen LogP contribution in [0.5, 0.6) is 11.6 Å². The molecule has 0 fully saturated rings. The van der Waals surface area contributed by atoms with Gasteiger partial charge in [-0.25, -0.2) is 4.98 Å². The molecule has 1 aromatic heterocycles. The predicted molar refractivity (Wildman–Crippen MR) is 115 cm³/mol. The number of carbonyl (C=O) groups excluding carboxylic acids is 1. The van der Waals surface area contributed by atoms with Gasteiger partial charge in [0.2, 0.25) is 5.88 Å². The number of nitrogens with one attached hydrogen (secondary N) is 1. The van der Waals surface area contributed by atoms with Gasteiger partial charge in [-0.3, -0.25) is 4.79 Å². The van der Waals surface area contributed by atoms with Gasteiger partial charge < -0.3 is 14.8 Å². The van der Waals surface area contributed by atoms with Gasteiger partial charge in [-0.15, -0.1) is 0 Å². The van der Waals surface area contributed by atoms with Crippen LogP contribution >= 0.6 is 0 Å². The Morgan fingerprint density at radius 3 is 2.55 bits per heavy atom. The van der Waals surface area contributed by atoms with E-state index in [4.69, 9.17) is 9.47 Å². The quantitative estimate of drug-likeness (QED) is 0.460. The van der Waals surface area contributed by atoms with Crippen LogP contribution in [-0.2, 0) is 11.3 Å². The van der Waals surface area contributed by atoms with E-state index in [1.165, 1.54) is 0 Å². The average molecular weight is 388 g/mol. The molecule has 0 saturated heterocycles. The summed E-state index contributed by atoms with van der Waals surface area (Å²) in [6, 6.07) is 20.9. The zero-order valence-electron chi connectivity index (χ0n) is 16.6. The third-order valence-corrected chi connectivity index (χ3v) is 4.34. The van der Waals surface area contributed by atoms with Gasteiger partial charge in [-0.05, 0) is 30.7 Å². The second-order valence-corrected chi connectivity index (χ2v) is 6.25. The van der Waals surface area contributed by atoms with Gasteiger partial charge in [0.05, 0.1) is 13.7 Å². The van der Waals surface area contributed by atoms with Crippen LogP contribution in [-0.4, -0.2) is 24.6 Å². The van der Waals surface area contributed by atoms with E-state index in [9.17, 15) is 4.79 Å². The lowest BCUT2D eigenvalue weighted by atomic mass is 10.0. The summed E-state index contributed by atoms with van der Waals surface area (Å²) in [7, 11) is 1.62. The van der Waals surface area contributed by atoms with Crippen LogP contribution < -0.4 is 14.8 Å². The summed E-state index contributed by atoms with van der Waals surface area (Å²) >= 11 is 0. The van der Waals surface area contributed by atoms with E-state index in [0.717, 1.165) is 16.7 Å². The molecule has 0 saturated carbocycles. The summed E-state index contributed by atoms with van der Waals surface area (Å²) in [4.78, 5) is 17.3. The maximum absolute atomic E-state index is 13.1. The van der Waals surface area contributed by atoms with Gasteiger partial charge in [0.15, 0.2) is 0 Å². The van der Waals surface area contributed by atoms with Crippen molar-refractivity contribution in [3.05, 3.63) is 89.6 Å². The van der Waals surface area contributed by atoms with E-state index in [0.29, 0.717) is 30.4 Å². The Labute approximate surface area is 171 Å². The molecule has 0 spiro atoms. The molecule has 0 bridgehead atoms. The number of benzene rings is 2. The largest absolute Gasteiger partial charge is 0.496 e. The lowest BCUT2D eigenvalue weighted by Gasteiger charge is -2.13. The number of hydrogen-bond donors (Lipinski definition) is 1. The molecular weight excluding hydrogens is 364 g/mol. The molecule has 5 heteroatoms. The van der Waals surface area contributed by atoms with Crippen molar-refractivity contribution in [3.8, 4) is 11.6 Å². The first kappa shape index (κ1) is 20.1. The van der Waals surface area contributed by atoms with Crippen LogP contribution in [0.3, 0.4) is 0 Å². The molecule has 0 unspecified atom stereocenters. The minimum Gasteiger partial charge on any atom is -0.496 e. The summed E-state index contributed by atoms with van der Waals surface area (Å²) in [5.74, 6) is 1.05. The monoisotopic (exact) mass is 388 g/mol. The molecule has 3 aromatic rings. The normalized spacial score (nSPS) is 11.0. The van der Waals surface area contributed by atoms with E-state index < -0.39 is 0 Å². The minimum atomic E-state index is -0.187. The highest BCUT2D eigenvalue weighted by atomic mass is 16.5. The van der Waals surface area contributed by atoms with E-state index in [2.05, 4.69) is 10.3 Å². The van der Waals surface area contributed by atoms with Gasteiger partial charge in [0, 0.05) is 29.4 Å². The molecule has 2 aromatic carbocycles. The predicted octanol–water partition coefficient (Wildman–Crippen LogP) is 4.35. The lowest BCUT2D eigenvalue weighted by molar-refractivity contribution is -0.115. The third kappa shape index (κ3) is 5.23. The van der Waals surface area contributed by atoms with Gasteiger partial charge in [0.25, 0.3) is 5.91 Å². The number of rotatable bonds is 8. The van der Waals surface area contributed by atoms with Gasteiger partial charge in [0.1, 0.15) is 5.75 Å². The molecule has 1 amide bonds. The van der Waals surface area contributed by atoms with Crippen molar-refractivity contribution in [3.63, 3.8) is 0 Å². The molecule has 29 heavy (non-hydrogen) atoms. The zero-order valence-corrected chi connectivity index (χ0v) is 16.6. The lowest BCUT2D eigenvalue weighted by Crippen LogP contribution is -2.24. The highest BCUT2D eigenvalue weighted by Crippen LogP contribution is 2.25. The Balaban J connectivity index is 1.89. The molecule has 1 N–H and O–H groups in total. The first-order valence-electron chi connectivity index (χ1n) is 9.48. The Hall–Kier alpha value is -3.60. The second-order valence-electron chi connectivity index (χ2n) is 6.25. The molecule has 0 aliphatic rings. The minimum absolute atomic E-state index is 0.187. The van der Waals surface area contributed by atoms with Crippen LogP contribution in [0, 0.1) is 0 Å². The number of aromatic nitrogens is 1. The molecule has 0 aliphatic carbocycles. The molecule has 0 aliphatic heterocycles. The van der Waals surface area contributed by atoms with Crippen molar-refractivity contribution < 1.29 is 14.3 Å². The van der Waals surface area contributed by atoms with E-state index in [1.807, 2.05) is 79.7 Å². The summed E-state index contributed by atoms with van der Waals surface area (Å²) in [6.07, 6.45) is 3.52. The number of pyridine rings is 1. The fourth-order valence-corrected chi connectivity index (χ4v) is 2.93. The number of nitrogens with zero attached hydrogens (tertiary/aromatic N) is 1. The van der Waals surface area contributed by atoms with Crippen molar-refractivity contribution in [2.24, 2.45) is 0 Å². The Morgan fingerprint density at radius 1 is 1.03 bits per heavy atom. The van der Waals surface area contributed by atoms with Gasteiger partial charge in [-0.2, -0.15) is 0 Å². The average Bonchev–Trinajstić information content (AvgIpc) is 2.77. The fraction of sp³-hybridized carbons (Fsp3) is 0.167. The van der Waals surface area contributed by atoms with Gasteiger partial charge >= 0.3 is 0 Å². The van der Waals surface area contributed by atoms with Crippen molar-refractivity contribution in [1.82, 2.24) is 10.3 Å². The van der Waals surface area contributed by atoms with Crippen molar-refractivity contribution >= 4 is 17.6 Å². The number of carbonyl (C=O) groups is 1. The summed E-state index contributed by atoms with van der Waals surface area (Å²) in [5, 5.41) is 2.99. The SMILES string of the molecule is CCOc1ncccc1CNC(=O)/C(=C/c1ccccc1OC)c1ccccc1. The maximum atomic E-state index is 13.1. The summed E-state index contributed by atoms with van der Waals surface area (Å²) in [5.41, 5.74) is 3.04. The second kappa shape index (κ2) is 10.1. The Bertz CT molecular complexity index is 984. The van der Waals surface area contributed by atoms with Crippen molar-refractivity contribution in [1.29, 1.82) is 0 Å². The topological polar surface area (TPSA) is 60.5 Å². The van der Waals surface area contributed by atoms with Crippen LogP contribution in [0.15, 0.2) is 72.9 Å². The third-order valence-electron chi connectivity index (χ3n) is 4.34. The Kier molecular flexibility index (Phi) is 7.00. The molecule has 1 heterocycles. The smallest absolute Gasteiger partial charge is 0.252 e. The molecule has 0 atom stereocenters.